The molecule has 92 valence electrons. The fourth-order valence-electron chi connectivity index (χ4n) is 2.21. The van der Waals surface area contributed by atoms with Gasteiger partial charge in [0.15, 0.2) is 0 Å². The predicted molar refractivity (Wildman–Crippen MR) is 66.7 cm³/mol. The first kappa shape index (κ1) is 12.3. The number of piperidine rings is 1. The zero-order valence-corrected chi connectivity index (χ0v) is 10.4. The monoisotopic (exact) mass is 242 g/mol. The van der Waals surface area contributed by atoms with Crippen LogP contribution in [0.5, 0.6) is 0 Å². The number of para-hydroxylation sites is 1. The van der Waals surface area contributed by atoms with Gasteiger partial charge >= 0.3 is 0 Å². The Hall–Kier alpha value is -2.15. The van der Waals surface area contributed by atoms with Gasteiger partial charge in [-0.3, -0.25) is 9.59 Å². The number of carbonyl (C=O) groups is 2. The minimum Gasteiger partial charge on any atom is -0.274 e. The van der Waals surface area contributed by atoms with Crippen LogP contribution in [-0.4, -0.2) is 11.8 Å². The fourth-order valence-corrected chi connectivity index (χ4v) is 2.21. The topological polar surface area (TPSA) is 61.2 Å². The highest BCUT2D eigenvalue weighted by molar-refractivity contribution is 6.17. The fraction of sp³-hybridized carbons (Fsp3) is 0.357. The molecule has 0 bridgehead atoms. The largest absolute Gasteiger partial charge is 0.274 e. The molecule has 2 amide bonds. The number of nitriles is 1. The number of carbonyl (C=O) groups excluding carboxylic acids is 2. The van der Waals surface area contributed by atoms with Crippen LogP contribution in [-0.2, 0) is 9.59 Å². The van der Waals surface area contributed by atoms with Gasteiger partial charge in [-0.05, 0) is 17.5 Å². The van der Waals surface area contributed by atoms with Crippen molar-refractivity contribution in [1.82, 2.24) is 0 Å². The number of anilines is 1. The molecule has 0 atom stereocenters. The van der Waals surface area contributed by atoms with Crippen LogP contribution >= 0.6 is 0 Å². The Bertz CT molecular complexity index is 535. The lowest BCUT2D eigenvalue weighted by Gasteiger charge is -2.34. The Morgan fingerprint density at radius 2 is 1.72 bits per heavy atom. The third kappa shape index (κ3) is 2.12. The van der Waals surface area contributed by atoms with E-state index in [0.29, 0.717) is 24.1 Å². The van der Waals surface area contributed by atoms with E-state index in [1.165, 1.54) is 0 Å². The second-order valence-electron chi connectivity index (χ2n) is 5.27. The lowest BCUT2D eigenvalue weighted by atomic mass is 9.81. The zero-order valence-electron chi connectivity index (χ0n) is 10.4. The predicted octanol–water partition coefficient (Wildman–Crippen LogP) is 2.24. The minimum absolute atomic E-state index is 0.237. The summed E-state index contributed by atoms with van der Waals surface area (Å²) in [6, 6.07) is 8.68. The van der Waals surface area contributed by atoms with Crippen molar-refractivity contribution < 1.29 is 9.59 Å². The van der Waals surface area contributed by atoms with Crippen LogP contribution in [0.2, 0.25) is 0 Å². The second-order valence-corrected chi connectivity index (χ2v) is 5.27. The number of hydrogen-bond acceptors (Lipinski definition) is 3. The van der Waals surface area contributed by atoms with E-state index in [4.69, 9.17) is 5.26 Å². The maximum absolute atomic E-state index is 12.1. The molecule has 1 fully saturated rings. The highest BCUT2D eigenvalue weighted by Gasteiger charge is 2.38. The standard InChI is InChI=1S/C14H14N2O2/c1-14(2)7-12(17)16(13(18)8-14)11-6-4-3-5-10(11)9-15/h3-6H,7-8H2,1-2H3. The summed E-state index contributed by atoms with van der Waals surface area (Å²) in [5.74, 6) is -0.474. The van der Waals surface area contributed by atoms with E-state index >= 15 is 0 Å². The summed E-state index contributed by atoms with van der Waals surface area (Å²) < 4.78 is 0. The molecule has 1 heterocycles. The molecule has 0 aliphatic carbocycles. The van der Waals surface area contributed by atoms with E-state index in [1.807, 2.05) is 19.9 Å². The summed E-state index contributed by atoms with van der Waals surface area (Å²) in [5, 5.41) is 9.03. The molecule has 0 N–H and O–H groups in total. The van der Waals surface area contributed by atoms with Gasteiger partial charge in [0.1, 0.15) is 6.07 Å². The summed E-state index contributed by atoms with van der Waals surface area (Å²) in [6.45, 7) is 3.80. The third-order valence-corrected chi connectivity index (χ3v) is 3.02. The first-order chi connectivity index (χ1) is 8.44. The van der Waals surface area contributed by atoms with Gasteiger partial charge < -0.3 is 0 Å². The van der Waals surface area contributed by atoms with E-state index in [2.05, 4.69) is 0 Å². The highest BCUT2D eigenvalue weighted by atomic mass is 16.2. The molecule has 2 rings (SSSR count). The average Bonchev–Trinajstić information content (AvgIpc) is 2.27. The van der Waals surface area contributed by atoms with E-state index in [1.54, 1.807) is 24.3 Å². The summed E-state index contributed by atoms with van der Waals surface area (Å²) in [5.41, 5.74) is 0.441. The van der Waals surface area contributed by atoms with E-state index in [-0.39, 0.29) is 17.2 Å². The Balaban J connectivity index is 2.43. The van der Waals surface area contributed by atoms with Gasteiger partial charge in [-0.25, -0.2) is 4.90 Å². The van der Waals surface area contributed by atoms with Gasteiger partial charge in [-0.1, -0.05) is 26.0 Å². The number of rotatable bonds is 1. The van der Waals surface area contributed by atoms with Crippen LogP contribution in [0.4, 0.5) is 5.69 Å². The Morgan fingerprint density at radius 1 is 1.17 bits per heavy atom. The summed E-state index contributed by atoms with van der Waals surface area (Å²) in [4.78, 5) is 25.3. The number of benzene rings is 1. The molecule has 1 aliphatic heterocycles. The Kier molecular flexibility index (Phi) is 2.92. The molecule has 0 unspecified atom stereocenters. The molecule has 0 spiro atoms. The second kappa shape index (κ2) is 4.26. The first-order valence-electron chi connectivity index (χ1n) is 5.79. The minimum atomic E-state index is -0.299. The molecule has 0 aromatic heterocycles. The molecule has 1 aromatic rings. The van der Waals surface area contributed by atoms with Crippen LogP contribution in [0.1, 0.15) is 32.3 Å². The van der Waals surface area contributed by atoms with Gasteiger partial charge in [-0.2, -0.15) is 5.26 Å². The number of hydrogen-bond donors (Lipinski definition) is 0. The maximum atomic E-state index is 12.1. The van der Waals surface area contributed by atoms with Crippen molar-refractivity contribution in [2.24, 2.45) is 5.41 Å². The molecule has 4 heteroatoms. The van der Waals surface area contributed by atoms with Gasteiger partial charge in [-0.15, -0.1) is 0 Å². The van der Waals surface area contributed by atoms with Crippen LogP contribution < -0.4 is 4.90 Å². The van der Waals surface area contributed by atoms with Gasteiger partial charge in [0.2, 0.25) is 11.8 Å². The van der Waals surface area contributed by atoms with Crippen molar-refractivity contribution in [3.63, 3.8) is 0 Å². The zero-order chi connectivity index (χ0) is 13.3. The van der Waals surface area contributed by atoms with E-state index < -0.39 is 0 Å². The smallest absolute Gasteiger partial charge is 0.234 e. The molecule has 1 aliphatic rings. The van der Waals surface area contributed by atoms with Crippen molar-refractivity contribution in [3.8, 4) is 6.07 Å². The quantitative estimate of drug-likeness (QED) is 0.709. The van der Waals surface area contributed by atoms with Crippen molar-refractivity contribution in [3.05, 3.63) is 29.8 Å². The average molecular weight is 242 g/mol. The van der Waals surface area contributed by atoms with Gasteiger partial charge in [0, 0.05) is 12.8 Å². The lowest BCUT2D eigenvalue weighted by Crippen LogP contribution is -2.46. The van der Waals surface area contributed by atoms with Crippen LogP contribution in [0.15, 0.2) is 24.3 Å². The summed E-state index contributed by atoms with van der Waals surface area (Å²) in [7, 11) is 0. The number of amides is 2. The van der Waals surface area contributed by atoms with Gasteiger partial charge in [0.25, 0.3) is 0 Å². The molecular weight excluding hydrogens is 228 g/mol. The van der Waals surface area contributed by atoms with E-state index in [9.17, 15) is 9.59 Å². The third-order valence-electron chi connectivity index (χ3n) is 3.02. The maximum Gasteiger partial charge on any atom is 0.234 e. The molecule has 1 aromatic carbocycles. The van der Waals surface area contributed by atoms with Crippen molar-refractivity contribution in [2.45, 2.75) is 26.7 Å². The van der Waals surface area contributed by atoms with Crippen molar-refractivity contribution in [2.75, 3.05) is 4.90 Å². The lowest BCUT2D eigenvalue weighted by molar-refractivity contribution is -0.132. The SMILES string of the molecule is CC1(C)CC(=O)N(c2ccccc2C#N)C(=O)C1. The molecular formula is C14H14N2O2. The number of nitrogens with zero attached hydrogens (tertiary/aromatic N) is 2. The van der Waals surface area contributed by atoms with Crippen LogP contribution in [0, 0.1) is 16.7 Å². The van der Waals surface area contributed by atoms with Crippen molar-refractivity contribution >= 4 is 17.5 Å². The van der Waals surface area contributed by atoms with Crippen LogP contribution in [0.25, 0.3) is 0 Å². The van der Waals surface area contributed by atoms with Crippen molar-refractivity contribution in [1.29, 1.82) is 5.26 Å². The van der Waals surface area contributed by atoms with E-state index in [0.717, 1.165) is 4.90 Å². The molecule has 0 saturated carbocycles. The normalized spacial score (nSPS) is 18.6. The molecule has 4 nitrogen and oxygen atoms in total. The number of imide groups is 1. The highest BCUT2D eigenvalue weighted by Crippen LogP contribution is 2.34. The first-order valence-corrected chi connectivity index (χ1v) is 5.79. The summed E-state index contributed by atoms with van der Waals surface area (Å²) in [6.07, 6.45) is 0.636. The van der Waals surface area contributed by atoms with Crippen LogP contribution in [0.3, 0.4) is 0 Å². The molecule has 0 radical (unpaired) electrons. The molecule has 1 saturated heterocycles. The Labute approximate surface area is 106 Å². The molecule has 18 heavy (non-hydrogen) atoms. The summed E-state index contributed by atoms with van der Waals surface area (Å²) >= 11 is 0. The Morgan fingerprint density at radius 3 is 2.28 bits per heavy atom. The van der Waals surface area contributed by atoms with Gasteiger partial charge in [0.05, 0.1) is 11.3 Å².